The Labute approximate surface area is 255 Å². The van der Waals surface area contributed by atoms with Crippen LogP contribution in [0.5, 0.6) is 0 Å². The summed E-state index contributed by atoms with van der Waals surface area (Å²) in [7, 11) is 0. The first-order chi connectivity index (χ1) is 21.0. The zero-order chi connectivity index (χ0) is 36.2. The quantitative estimate of drug-likeness (QED) is 0.0534. The molecule has 0 fully saturated rings. The van der Waals surface area contributed by atoms with Crippen LogP contribution in [0, 0.1) is 0 Å². The number of hydrogen-bond donors (Lipinski definition) is 9. The monoisotopic (exact) mass is 657 g/mol. The fourth-order valence-electron chi connectivity index (χ4n) is 2.28. The van der Waals surface area contributed by atoms with Gasteiger partial charge in [-0.15, -0.1) is 0 Å². The molecule has 2 atom stereocenters. The topological polar surface area (TPSA) is 368 Å². The van der Waals surface area contributed by atoms with Gasteiger partial charge >= 0.3 is 48.1 Å². The molecule has 10 N–H and O–H groups in total. The SMILES string of the molecule is CCNOCCCCCC(=O)NC(CC(=O)O)C(=O)O.NC(CC(=O)O)C(=O)O.O=C(O)CCCCC(=O)O.O=C=O.O=C=O. The first kappa shape index (κ1) is 49.6. The Bertz CT molecular complexity index is 916. The average Bonchev–Trinajstić information content (AvgIpc) is 2.91. The Morgan fingerprint density at radius 3 is 1.38 bits per heavy atom. The molecule has 0 aliphatic carbocycles. The Morgan fingerprint density at radius 1 is 0.644 bits per heavy atom. The number of unbranched alkanes of at least 4 members (excludes halogenated alkanes) is 3. The van der Waals surface area contributed by atoms with Gasteiger partial charge in [0.05, 0.1) is 19.4 Å². The van der Waals surface area contributed by atoms with Crippen molar-refractivity contribution in [1.82, 2.24) is 10.8 Å². The second-order valence-electron chi connectivity index (χ2n) is 7.92. The molecular weight excluding hydrogens is 618 g/mol. The van der Waals surface area contributed by atoms with E-state index in [0.29, 0.717) is 25.9 Å². The van der Waals surface area contributed by atoms with Crippen molar-refractivity contribution in [3.8, 4) is 0 Å². The fourth-order valence-corrected chi connectivity index (χ4v) is 2.28. The molecule has 0 saturated carbocycles. The predicted molar refractivity (Wildman–Crippen MR) is 142 cm³/mol. The van der Waals surface area contributed by atoms with Crippen LogP contribution in [-0.4, -0.2) is 110 Å². The van der Waals surface area contributed by atoms with E-state index >= 15 is 0 Å². The van der Waals surface area contributed by atoms with Crippen molar-refractivity contribution in [3.05, 3.63) is 0 Å². The van der Waals surface area contributed by atoms with E-state index in [4.69, 9.17) is 60.4 Å². The van der Waals surface area contributed by atoms with Crippen LogP contribution in [0.25, 0.3) is 0 Å². The molecule has 0 aromatic rings. The highest BCUT2D eigenvalue weighted by Crippen LogP contribution is 2.02. The summed E-state index contributed by atoms with van der Waals surface area (Å²) in [5.41, 5.74) is 7.54. The summed E-state index contributed by atoms with van der Waals surface area (Å²) in [6.07, 6.45) is 2.69. The third-order valence-corrected chi connectivity index (χ3v) is 4.15. The lowest BCUT2D eigenvalue weighted by molar-refractivity contribution is -0.193. The Balaban J connectivity index is -0.000000178. The number of rotatable bonds is 20. The maximum absolute atomic E-state index is 11.5. The molecule has 0 aliphatic heterocycles. The highest BCUT2D eigenvalue weighted by Gasteiger charge is 2.22. The second-order valence-corrected chi connectivity index (χ2v) is 7.92. The first-order valence-electron chi connectivity index (χ1n) is 12.7. The Hall–Kier alpha value is -5.07. The largest absolute Gasteiger partial charge is 0.481 e. The number of carbonyl (C=O) groups excluding carboxylic acids is 5. The molecule has 0 heterocycles. The van der Waals surface area contributed by atoms with Crippen molar-refractivity contribution in [2.45, 2.75) is 83.2 Å². The van der Waals surface area contributed by atoms with Crippen LogP contribution in [-0.2, 0) is 57.6 Å². The Kier molecular flexibility index (Phi) is 40.7. The molecule has 0 aromatic carbocycles. The number of nitrogens with two attached hydrogens (primary N) is 1. The van der Waals surface area contributed by atoms with E-state index in [1.165, 1.54) is 0 Å². The first-order valence-corrected chi connectivity index (χ1v) is 12.7. The molecular formula is C24H39N3O18. The van der Waals surface area contributed by atoms with Crippen LogP contribution >= 0.6 is 0 Å². The number of aliphatic carboxylic acids is 6. The highest BCUT2D eigenvalue weighted by atomic mass is 16.6. The maximum atomic E-state index is 11.5. The predicted octanol–water partition coefficient (Wildman–Crippen LogP) is -1.45. The molecule has 45 heavy (non-hydrogen) atoms. The van der Waals surface area contributed by atoms with Crippen LogP contribution in [0.15, 0.2) is 0 Å². The lowest BCUT2D eigenvalue weighted by Crippen LogP contribution is -2.42. The third-order valence-electron chi connectivity index (χ3n) is 4.15. The standard InChI is InChI=1S/C12H22N2O6.C6H10O4.C4H7NO4.2CO2/c1-2-13-20-7-5-3-4-6-10(15)14-9(12(18)19)8-11(16)17;7-5(8)3-1-2-4-6(9)10;5-2(4(8)9)1-3(6)7;2*2-1-3/h9,13H,2-8H2,1H3,(H,14,15)(H,16,17)(H,18,19);1-4H2,(H,7,8)(H,9,10);2H,1,5H2,(H,6,7)(H,8,9);;. The van der Waals surface area contributed by atoms with E-state index in [1.54, 1.807) is 0 Å². The minimum absolute atomic E-state index is 0.0628. The van der Waals surface area contributed by atoms with E-state index in [0.717, 1.165) is 19.4 Å². The molecule has 21 heteroatoms. The average molecular weight is 658 g/mol. The minimum atomic E-state index is -1.38. The summed E-state index contributed by atoms with van der Waals surface area (Å²) < 4.78 is 0. The van der Waals surface area contributed by atoms with Gasteiger partial charge in [0.1, 0.15) is 12.1 Å². The summed E-state index contributed by atoms with van der Waals surface area (Å²) in [6.45, 7) is 3.19. The molecule has 0 saturated heterocycles. The van der Waals surface area contributed by atoms with Crippen LogP contribution in [0.1, 0.15) is 71.1 Å². The number of carboxylic acid groups (broad SMARTS) is 6. The number of carboxylic acids is 6. The van der Waals surface area contributed by atoms with Gasteiger partial charge in [0.2, 0.25) is 5.91 Å². The lowest BCUT2D eigenvalue weighted by atomic mass is 10.1. The Morgan fingerprint density at radius 2 is 1.07 bits per heavy atom. The summed E-state index contributed by atoms with van der Waals surface area (Å²) in [5, 5.41) is 51.8. The van der Waals surface area contributed by atoms with E-state index in [9.17, 15) is 33.6 Å². The van der Waals surface area contributed by atoms with Gasteiger partial charge in [-0.2, -0.15) is 19.2 Å². The summed E-state index contributed by atoms with van der Waals surface area (Å²) >= 11 is 0. The van der Waals surface area contributed by atoms with Gasteiger partial charge in [0, 0.05) is 25.8 Å². The van der Waals surface area contributed by atoms with Gasteiger partial charge < -0.3 is 46.5 Å². The molecule has 1 amide bonds. The van der Waals surface area contributed by atoms with Gasteiger partial charge in [-0.1, -0.05) is 13.3 Å². The van der Waals surface area contributed by atoms with Crippen LogP contribution in [0.4, 0.5) is 0 Å². The maximum Gasteiger partial charge on any atom is 0.373 e. The number of nitrogens with one attached hydrogen (secondary N) is 2. The fraction of sp³-hybridized carbons (Fsp3) is 0.625. The normalized spacial score (nSPS) is 10.2. The smallest absolute Gasteiger partial charge is 0.373 e. The highest BCUT2D eigenvalue weighted by molar-refractivity contribution is 5.86. The zero-order valence-electron chi connectivity index (χ0n) is 24.3. The summed E-state index contributed by atoms with van der Waals surface area (Å²) in [6, 6.07) is -2.67. The van der Waals surface area contributed by atoms with E-state index in [2.05, 4.69) is 10.8 Å². The molecule has 0 rings (SSSR count). The van der Waals surface area contributed by atoms with Crippen LogP contribution in [0.2, 0.25) is 0 Å². The zero-order valence-corrected chi connectivity index (χ0v) is 24.3. The summed E-state index contributed by atoms with van der Waals surface area (Å²) in [5.74, 6) is -7.30. The lowest BCUT2D eigenvalue weighted by Gasteiger charge is -2.12. The van der Waals surface area contributed by atoms with Crippen molar-refractivity contribution in [2.24, 2.45) is 5.73 Å². The van der Waals surface area contributed by atoms with Crippen molar-refractivity contribution in [2.75, 3.05) is 13.2 Å². The van der Waals surface area contributed by atoms with E-state index in [-0.39, 0.29) is 31.6 Å². The van der Waals surface area contributed by atoms with Crippen molar-refractivity contribution in [1.29, 1.82) is 0 Å². The molecule has 0 radical (unpaired) electrons. The van der Waals surface area contributed by atoms with Crippen LogP contribution < -0.4 is 16.5 Å². The van der Waals surface area contributed by atoms with Gasteiger partial charge in [0.25, 0.3) is 0 Å². The number of hydrogen-bond acceptors (Lipinski definition) is 14. The molecule has 2 unspecified atom stereocenters. The third kappa shape index (κ3) is 55.5. The molecule has 0 spiro atoms. The number of carbonyl (C=O) groups is 7. The number of hydroxylamine groups is 1. The van der Waals surface area contributed by atoms with E-state index in [1.807, 2.05) is 6.92 Å². The minimum Gasteiger partial charge on any atom is -0.481 e. The molecule has 258 valence electrons. The summed E-state index contributed by atoms with van der Waals surface area (Å²) in [4.78, 5) is 110. The van der Waals surface area contributed by atoms with Gasteiger partial charge in [0.15, 0.2) is 0 Å². The van der Waals surface area contributed by atoms with E-state index < -0.39 is 66.6 Å². The molecule has 0 aromatic heterocycles. The molecule has 21 nitrogen and oxygen atoms in total. The van der Waals surface area contributed by atoms with Gasteiger partial charge in [-0.25, -0.2) is 10.3 Å². The number of amides is 1. The second kappa shape index (κ2) is 37.0. The van der Waals surface area contributed by atoms with Crippen molar-refractivity contribution < 1.29 is 88.2 Å². The molecule has 0 bridgehead atoms. The van der Waals surface area contributed by atoms with Gasteiger partial charge in [-0.3, -0.25) is 28.8 Å². The van der Waals surface area contributed by atoms with Gasteiger partial charge in [-0.05, 0) is 25.7 Å². The van der Waals surface area contributed by atoms with Crippen molar-refractivity contribution >= 4 is 54.0 Å². The van der Waals surface area contributed by atoms with Crippen LogP contribution in [0.3, 0.4) is 0 Å². The van der Waals surface area contributed by atoms with Crippen molar-refractivity contribution in [3.63, 3.8) is 0 Å². The molecule has 0 aliphatic rings.